The van der Waals surface area contributed by atoms with Gasteiger partial charge in [0, 0.05) is 19.0 Å². The van der Waals surface area contributed by atoms with E-state index in [9.17, 15) is 4.79 Å². The van der Waals surface area contributed by atoms with E-state index >= 15 is 0 Å². The maximum atomic E-state index is 12.8. The summed E-state index contributed by atoms with van der Waals surface area (Å²) in [4.78, 5) is 19.6. The lowest BCUT2D eigenvalue weighted by Crippen LogP contribution is -2.42. The average molecular weight is 327 g/mol. The van der Waals surface area contributed by atoms with E-state index in [1.54, 1.807) is 0 Å². The second-order valence-corrected chi connectivity index (χ2v) is 6.87. The van der Waals surface area contributed by atoms with E-state index in [0.717, 1.165) is 16.9 Å². The molecule has 5 heteroatoms. The van der Waals surface area contributed by atoms with Crippen LogP contribution in [0.3, 0.4) is 0 Å². The Morgan fingerprint density at radius 1 is 1.12 bits per heavy atom. The smallest absolute Gasteiger partial charge is 0.242 e. The highest BCUT2D eigenvalue weighted by Gasteiger charge is 2.25. The topological polar surface area (TPSA) is 47.4 Å². The van der Waals surface area contributed by atoms with Crippen molar-refractivity contribution in [3.05, 3.63) is 30.1 Å². The number of benzene rings is 1. The molecule has 0 N–H and O–H groups in total. The Balaban J connectivity index is 1.65. The molecule has 128 valence electrons. The predicted octanol–water partition coefficient (Wildman–Crippen LogP) is 2.94. The summed E-state index contributed by atoms with van der Waals surface area (Å²) >= 11 is 0. The number of rotatable bonds is 3. The molecule has 24 heavy (non-hydrogen) atoms. The van der Waals surface area contributed by atoms with Crippen LogP contribution in [0.1, 0.15) is 43.8 Å². The van der Waals surface area contributed by atoms with Gasteiger partial charge in [-0.25, -0.2) is 4.98 Å². The van der Waals surface area contributed by atoms with Crippen molar-refractivity contribution in [2.75, 3.05) is 26.3 Å². The maximum Gasteiger partial charge on any atom is 0.242 e. The number of fused-ring (bicyclic) bond motifs is 1. The van der Waals surface area contributed by atoms with E-state index < -0.39 is 0 Å². The van der Waals surface area contributed by atoms with Crippen molar-refractivity contribution in [3.8, 4) is 0 Å². The third kappa shape index (κ3) is 3.05. The largest absolute Gasteiger partial charge is 0.378 e. The van der Waals surface area contributed by atoms with Gasteiger partial charge in [0.15, 0.2) is 0 Å². The number of ether oxygens (including phenoxy) is 1. The molecule has 2 heterocycles. The standard InChI is InChI=1S/C19H25N3O2/c23-18(21-10-12-24-13-11-21)14-22-17-9-5-4-8-16(17)20-19(22)15-6-2-1-3-7-15/h4-5,8-9,15H,1-3,6-7,10-14H2. The van der Waals surface area contributed by atoms with Crippen LogP contribution in [0.15, 0.2) is 24.3 Å². The van der Waals surface area contributed by atoms with Gasteiger partial charge in [0.05, 0.1) is 24.2 Å². The Labute approximate surface area is 142 Å². The number of carbonyl (C=O) groups is 1. The number of morpholine rings is 1. The molecule has 2 aromatic rings. The number of hydrogen-bond acceptors (Lipinski definition) is 3. The minimum absolute atomic E-state index is 0.179. The molecule has 0 bridgehead atoms. The fraction of sp³-hybridized carbons (Fsp3) is 0.579. The molecular formula is C19H25N3O2. The lowest BCUT2D eigenvalue weighted by atomic mass is 9.88. The fourth-order valence-corrected chi connectivity index (χ4v) is 3.98. The Hall–Kier alpha value is -1.88. The first-order chi connectivity index (χ1) is 11.8. The molecule has 2 fully saturated rings. The van der Waals surface area contributed by atoms with Crippen molar-refractivity contribution in [2.45, 2.75) is 44.6 Å². The molecule has 1 aliphatic carbocycles. The quantitative estimate of drug-likeness (QED) is 0.871. The molecule has 0 unspecified atom stereocenters. The molecule has 1 aliphatic heterocycles. The lowest BCUT2D eigenvalue weighted by molar-refractivity contribution is -0.135. The number of nitrogens with zero attached hydrogens (tertiary/aromatic N) is 3. The average Bonchev–Trinajstić information content (AvgIpc) is 3.02. The Morgan fingerprint density at radius 3 is 2.67 bits per heavy atom. The van der Waals surface area contributed by atoms with Gasteiger partial charge in [-0.3, -0.25) is 4.79 Å². The van der Waals surface area contributed by atoms with Crippen LogP contribution in [0.4, 0.5) is 0 Å². The number of carbonyl (C=O) groups excluding carboxylic acids is 1. The number of amides is 1. The Bertz CT molecular complexity index is 712. The first-order valence-corrected chi connectivity index (χ1v) is 9.13. The van der Waals surface area contributed by atoms with Crippen molar-refractivity contribution in [1.29, 1.82) is 0 Å². The van der Waals surface area contributed by atoms with Gasteiger partial charge in [0.1, 0.15) is 12.4 Å². The molecule has 1 saturated carbocycles. The van der Waals surface area contributed by atoms with Crippen LogP contribution in [-0.2, 0) is 16.1 Å². The van der Waals surface area contributed by atoms with Crippen LogP contribution in [0.5, 0.6) is 0 Å². The summed E-state index contributed by atoms with van der Waals surface area (Å²) in [5.74, 6) is 1.78. The first kappa shape index (κ1) is 15.6. The summed E-state index contributed by atoms with van der Waals surface area (Å²) in [6.45, 7) is 3.08. The number of aromatic nitrogens is 2. The Morgan fingerprint density at radius 2 is 1.88 bits per heavy atom. The molecule has 1 amide bonds. The van der Waals surface area contributed by atoms with Gasteiger partial charge in [-0.1, -0.05) is 31.4 Å². The van der Waals surface area contributed by atoms with E-state index in [1.807, 2.05) is 17.0 Å². The summed E-state index contributed by atoms with van der Waals surface area (Å²) in [5.41, 5.74) is 2.09. The summed E-state index contributed by atoms with van der Waals surface area (Å²) < 4.78 is 7.53. The van der Waals surface area contributed by atoms with Crippen molar-refractivity contribution in [3.63, 3.8) is 0 Å². The van der Waals surface area contributed by atoms with Gasteiger partial charge >= 0.3 is 0 Å². The number of para-hydroxylation sites is 2. The molecule has 1 aromatic heterocycles. The molecule has 1 aromatic carbocycles. The third-order valence-corrected chi connectivity index (χ3v) is 5.31. The minimum Gasteiger partial charge on any atom is -0.378 e. The van der Waals surface area contributed by atoms with Crippen molar-refractivity contribution < 1.29 is 9.53 Å². The number of imidazole rings is 1. The Kier molecular flexibility index (Phi) is 4.52. The van der Waals surface area contributed by atoms with Gasteiger partial charge in [-0.2, -0.15) is 0 Å². The van der Waals surface area contributed by atoms with Crippen molar-refractivity contribution in [1.82, 2.24) is 14.5 Å². The summed E-state index contributed by atoms with van der Waals surface area (Å²) in [6, 6.07) is 8.19. The lowest BCUT2D eigenvalue weighted by Gasteiger charge is -2.28. The van der Waals surface area contributed by atoms with Gasteiger partial charge in [0.25, 0.3) is 0 Å². The van der Waals surface area contributed by atoms with Crippen LogP contribution in [0.2, 0.25) is 0 Å². The highest BCUT2D eigenvalue weighted by molar-refractivity contribution is 5.81. The van der Waals surface area contributed by atoms with E-state index in [0.29, 0.717) is 38.8 Å². The molecule has 5 nitrogen and oxygen atoms in total. The second-order valence-electron chi connectivity index (χ2n) is 6.87. The van der Waals surface area contributed by atoms with Crippen LogP contribution in [-0.4, -0.2) is 46.7 Å². The van der Waals surface area contributed by atoms with E-state index in [4.69, 9.17) is 9.72 Å². The molecule has 4 rings (SSSR count). The van der Waals surface area contributed by atoms with Crippen molar-refractivity contribution >= 4 is 16.9 Å². The molecule has 1 saturated heterocycles. The predicted molar refractivity (Wildman–Crippen MR) is 93.0 cm³/mol. The monoisotopic (exact) mass is 327 g/mol. The molecule has 0 radical (unpaired) electrons. The van der Waals surface area contributed by atoms with Crippen LogP contribution in [0, 0.1) is 0 Å². The van der Waals surface area contributed by atoms with Crippen LogP contribution >= 0.6 is 0 Å². The zero-order valence-corrected chi connectivity index (χ0v) is 14.1. The van der Waals surface area contributed by atoms with Gasteiger partial charge in [-0.15, -0.1) is 0 Å². The summed E-state index contributed by atoms with van der Waals surface area (Å²) in [7, 11) is 0. The first-order valence-electron chi connectivity index (χ1n) is 9.13. The SMILES string of the molecule is O=C(Cn1c(C2CCCCC2)nc2ccccc21)N1CCOCC1. The third-order valence-electron chi connectivity index (χ3n) is 5.31. The summed E-state index contributed by atoms with van der Waals surface area (Å²) in [6.07, 6.45) is 6.24. The molecular weight excluding hydrogens is 302 g/mol. The second kappa shape index (κ2) is 6.93. The van der Waals surface area contributed by atoms with Gasteiger partial charge in [-0.05, 0) is 25.0 Å². The normalized spacial score (nSPS) is 19.8. The van der Waals surface area contributed by atoms with Gasteiger partial charge in [0.2, 0.25) is 5.91 Å². The highest BCUT2D eigenvalue weighted by Crippen LogP contribution is 2.34. The van der Waals surface area contributed by atoms with Crippen LogP contribution in [0.25, 0.3) is 11.0 Å². The maximum absolute atomic E-state index is 12.8. The van der Waals surface area contributed by atoms with E-state index in [-0.39, 0.29) is 5.91 Å². The molecule has 2 aliphatic rings. The summed E-state index contributed by atoms with van der Waals surface area (Å²) in [5, 5.41) is 0. The van der Waals surface area contributed by atoms with Gasteiger partial charge < -0.3 is 14.2 Å². The zero-order chi connectivity index (χ0) is 16.4. The van der Waals surface area contributed by atoms with E-state index in [2.05, 4.69) is 16.7 Å². The minimum atomic E-state index is 0.179. The highest BCUT2D eigenvalue weighted by atomic mass is 16.5. The van der Waals surface area contributed by atoms with Crippen molar-refractivity contribution in [2.24, 2.45) is 0 Å². The number of hydrogen-bond donors (Lipinski definition) is 0. The molecule has 0 atom stereocenters. The molecule has 0 spiro atoms. The zero-order valence-electron chi connectivity index (χ0n) is 14.1. The van der Waals surface area contributed by atoms with Crippen LogP contribution < -0.4 is 0 Å². The van der Waals surface area contributed by atoms with E-state index in [1.165, 1.54) is 32.1 Å². The fourth-order valence-electron chi connectivity index (χ4n) is 3.98.